The number of carbonyl (C=O) groups is 1. The third-order valence-corrected chi connectivity index (χ3v) is 3.02. The first-order chi connectivity index (χ1) is 5.31. The number of fused-ring (bicyclic) bond motifs is 2. The average molecular weight is 154 g/mol. The van der Waals surface area contributed by atoms with Crippen LogP contribution >= 0.6 is 0 Å². The van der Waals surface area contributed by atoms with Crippen LogP contribution in [-0.2, 0) is 4.79 Å². The zero-order valence-corrected chi connectivity index (χ0v) is 6.86. The van der Waals surface area contributed by atoms with E-state index < -0.39 is 0 Å². The molecule has 0 aliphatic carbocycles. The van der Waals surface area contributed by atoms with E-state index in [4.69, 9.17) is 0 Å². The standard InChI is InChI=1S/C8H14N2O/c1-9-7-2-3-8(9)5-10(4-7)6-11/h6-8H,2-5H2,1H3. The van der Waals surface area contributed by atoms with Gasteiger partial charge in [0, 0.05) is 25.2 Å². The largest absolute Gasteiger partial charge is 0.342 e. The smallest absolute Gasteiger partial charge is 0.209 e. The summed E-state index contributed by atoms with van der Waals surface area (Å²) in [4.78, 5) is 14.8. The Kier molecular flexibility index (Phi) is 1.60. The molecule has 2 fully saturated rings. The van der Waals surface area contributed by atoms with E-state index >= 15 is 0 Å². The summed E-state index contributed by atoms with van der Waals surface area (Å²) in [6.45, 7) is 1.88. The van der Waals surface area contributed by atoms with Crippen LogP contribution < -0.4 is 0 Å². The maximum atomic E-state index is 10.5. The summed E-state index contributed by atoms with van der Waals surface area (Å²) in [5.74, 6) is 0. The molecular formula is C8H14N2O. The summed E-state index contributed by atoms with van der Waals surface area (Å²) in [5.41, 5.74) is 0. The number of hydrogen-bond donors (Lipinski definition) is 0. The van der Waals surface area contributed by atoms with Crippen LogP contribution in [0.2, 0.25) is 0 Å². The second-order valence-electron chi connectivity index (χ2n) is 3.61. The van der Waals surface area contributed by atoms with Crippen LogP contribution in [0.25, 0.3) is 0 Å². The van der Waals surface area contributed by atoms with Crippen LogP contribution in [0, 0.1) is 0 Å². The Morgan fingerprint density at radius 1 is 1.27 bits per heavy atom. The summed E-state index contributed by atoms with van der Waals surface area (Å²) in [5, 5.41) is 0. The number of nitrogens with zero attached hydrogens (tertiary/aromatic N) is 2. The first-order valence-electron chi connectivity index (χ1n) is 4.22. The van der Waals surface area contributed by atoms with Crippen LogP contribution in [0.4, 0.5) is 0 Å². The molecule has 0 aromatic carbocycles. The predicted molar refractivity (Wildman–Crippen MR) is 42.2 cm³/mol. The van der Waals surface area contributed by atoms with Gasteiger partial charge in [-0.2, -0.15) is 0 Å². The Morgan fingerprint density at radius 3 is 2.27 bits per heavy atom. The molecule has 11 heavy (non-hydrogen) atoms. The van der Waals surface area contributed by atoms with Gasteiger partial charge in [-0.15, -0.1) is 0 Å². The highest BCUT2D eigenvalue weighted by Gasteiger charge is 2.36. The van der Waals surface area contributed by atoms with Crippen LogP contribution in [0.3, 0.4) is 0 Å². The predicted octanol–water partition coefficient (Wildman–Crippen LogP) is -0.0788. The molecule has 2 heterocycles. The zero-order chi connectivity index (χ0) is 7.84. The molecule has 2 saturated heterocycles. The van der Waals surface area contributed by atoms with Gasteiger partial charge in [-0.3, -0.25) is 9.69 Å². The first-order valence-corrected chi connectivity index (χ1v) is 4.22. The Hall–Kier alpha value is -0.570. The minimum Gasteiger partial charge on any atom is -0.342 e. The second-order valence-corrected chi connectivity index (χ2v) is 3.61. The number of carbonyl (C=O) groups excluding carboxylic acids is 1. The van der Waals surface area contributed by atoms with Crippen molar-refractivity contribution in [3.05, 3.63) is 0 Å². The summed E-state index contributed by atoms with van der Waals surface area (Å²) >= 11 is 0. The van der Waals surface area contributed by atoms with Gasteiger partial charge in [0.25, 0.3) is 0 Å². The van der Waals surface area contributed by atoms with Crippen molar-refractivity contribution in [2.24, 2.45) is 0 Å². The van der Waals surface area contributed by atoms with E-state index in [2.05, 4.69) is 11.9 Å². The van der Waals surface area contributed by atoms with Crippen molar-refractivity contribution in [1.82, 2.24) is 9.80 Å². The van der Waals surface area contributed by atoms with Gasteiger partial charge in [-0.05, 0) is 19.9 Å². The van der Waals surface area contributed by atoms with E-state index in [-0.39, 0.29) is 0 Å². The van der Waals surface area contributed by atoms with E-state index in [1.165, 1.54) is 12.8 Å². The molecule has 0 spiro atoms. The summed E-state index contributed by atoms with van der Waals surface area (Å²) < 4.78 is 0. The highest BCUT2D eigenvalue weighted by molar-refractivity contribution is 5.47. The molecule has 2 aliphatic rings. The van der Waals surface area contributed by atoms with E-state index in [0.717, 1.165) is 19.5 Å². The lowest BCUT2D eigenvalue weighted by Crippen LogP contribution is -2.51. The van der Waals surface area contributed by atoms with Crippen molar-refractivity contribution in [3.8, 4) is 0 Å². The third kappa shape index (κ3) is 1.03. The molecule has 0 aromatic rings. The molecule has 0 radical (unpaired) electrons. The quantitative estimate of drug-likeness (QED) is 0.493. The SMILES string of the molecule is CN1C2CCC1CN(C=O)C2. The van der Waals surface area contributed by atoms with Crippen molar-refractivity contribution in [3.63, 3.8) is 0 Å². The van der Waals surface area contributed by atoms with Gasteiger partial charge < -0.3 is 4.90 Å². The van der Waals surface area contributed by atoms with Crippen LogP contribution in [0.5, 0.6) is 0 Å². The number of amides is 1. The molecule has 1 amide bonds. The highest BCUT2D eigenvalue weighted by atomic mass is 16.1. The molecule has 2 aliphatic heterocycles. The van der Waals surface area contributed by atoms with Crippen molar-refractivity contribution in [1.29, 1.82) is 0 Å². The van der Waals surface area contributed by atoms with E-state index in [0.29, 0.717) is 12.1 Å². The van der Waals surface area contributed by atoms with Gasteiger partial charge in [0.15, 0.2) is 0 Å². The van der Waals surface area contributed by atoms with E-state index in [1.54, 1.807) is 0 Å². The lowest BCUT2D eigenvalue weighted by molar-refractivity contribution is -0.120. The molecule has 2 atom stereocenters. The Balaban J connectivity index is 2.07. The summed E-state index contributed by atoms with van der Waals surface area (Å²) in [6, 6.07) is 1.28. The summed E-state index contributed by atoms with van der Waals surface area (Å²) in [7, 11) is 2.17. The number of likely N-dealkylation sites (tertiary alicyclic amines) is 1. The molecule has 62 valence electrons. The minimum absolute atomic E-state index is 0.638. The number of piperazine rings is 1. The van der Waals surface area contributed by atoms with Crippen LogP contribution in [-0.4, -0.2) is 48.4 Å². The van der Waals surface area contributed by atoms with Gasteiger partial charge in [-0.1, -0.05) is 0 Å². The fraction of sp³-hybridized carbons (Fsp3) is 0.875. The minimum atomic E-state index is 0.638. The number of hydrogen-bond acceptors (Lipinski definition) is 2. The number of rotatable bonds is 1. The van der Waals surface area contributed by atoms with Gasteiger partial charge >= 0.3 is 0 Å². The molecule has 0 N–H and O–H groups in total. The highest BCUT2D eigenvalue weighted by Crippen LogP contribution is 2.27. The van der Waals surface area contributed by atoms with Gasteiger partial charge in [-0.25, -0.2) is 0 Å². The molecule has 2 unspecified atom stereocenters. The van der Waals surface area contributed by atoms with Gasteiger partial charge in [0.2, 0.25) is 6.41 Å². The molecule has 2 rings (SSSR count). The fourth-order valence-corrected chi connectivity index (χ4v) is 2.23. The molecular weight excluding hydrogens is 140 g/mol. The zero-order valence-electron chi connectivity index (χ0n) is 6.86. The molecule has 2 bridgehead atoms. The monoisotopic (exact) mass is 154 g/mol. The third-order valence-electron chi connectivity index (χ3n) is 3.02. The normalized spacial score (nSPS) is 37.7. The van der Waals surface area contributed by atoms with Crippen molar-refractivity contribution in [2.75, 3.05) is 20.1 Å². The van der Waals surface area contributed by atoms with E-state index in [1.807, 2.05) is 4.90 Å². The summed E-state index contributed by atoms with van der Waals surface area (Å²) in [6.07, 6.45) is 3.52. The lowest BCUT2D eigenvalue weighted by atomic mass is 10.2. The average Bonchev–Trinajstić information content (AvgIpc) is 2.26. The van der Waals surface area contributed by atoms with Gasteiger partial charge in [0.1, 0.15) is 0 Å². The van der Waals surface area contributed by atoms with E-state index in [9.17, 15) is 4.79 Å². The van der Waals surface area contributed by atoms with Crippen molar-refractivity contribution < 1.29 is 4.79 Å². The van der Waals surface area contributed by atoms with Crippen molar-refractivity contribution in [2.45, 2.75) is 24.9 Å². The Labute approximate surface area is 67.0 Å². The fourth-order valence-electron chi connectivity index (χ4n) is 2.23. The molecule has 0 saturated carbocycles. The number of likely N-dealkylation sites (N-methyl/N-ethyl adjacent to an activating group) is 1. The molecule has 0 aromatic heterocycles. The maximum Gasteiger partial charge on any atom is 0.209 e. The Morgan fingerprint density at radius 2 is 1.82 bits per heavy atom. The van der Waals surface area contributed by atoms with Crippen LogP contribution in [0.15, 0.2) is 0 Å². The Bertz CT molecular complexity index is 157. The maximum absolute atomic E-state index is 10.5. The van der Waals surface area contributed by atoms with Crippen molar-refractivity contribution >= 4 is 6.41 Å². The van der Waals surface area contributed by atoms with Crippen LogP contribution in [0.1, 0.15) is 12.8 Å². The molecule has 3 nitrogen and oxygen atoms in total. The van der Waals surface area contributed by atoms with Gasteiger partial charge in [0.05, 0.1) is 0 Å². The first kappa shape index (κ1) is 7.10. The topological polar surface area (TPSA) is 23.6 Å². The second kappa shape index (κ2) is 2.48. The lowest BCUT2D eigenvalue weighted by Gasteiger charge is -2.36. The molecule has 3 heteroatoms.